The van der Waals surface area contributed by atoms with Gasteiger partial charge in [0.05, 0.1) is 12.7 Å². The first-order valence-corrected chi connectivity index (χ1v) is 5.34. The van der Waals surface area contributed by atoms with Gasteiger partial charge in [0.15, 0.2) is 11.8 Å². The fourth-order valence-corrected chi connectivity index (χ4v) is 1.18. The molecule has 0 aliphatic rings. The molecule has 1 aromatic heterocycles. The summed E-state index contributed by atoms with van der Waals surface area (Å²) < 4.78 is 1.43. The SMILES string of the molecule is NCCn1cc(C(=O)NCCC(O)C(=O)O)nn1. The first-order chi connectivity index (χ1) is 8.54. The number of nitrogens with one attached hydrogen (secondary N) is 1. The number of carboxylic acids is 1. The Bertz CT molecular complexity index is 419. The molecule has 5 N–H and O–H groups in total. The molecule has 1 aromatic rings. The number of aliphatic hydroxyl groups is 1. The largest absolute Gasteiger partial charge is 0.479 e. The van der Waals surface area contributed by atoms with Crippen LogP contribution in [0.15, 0.2) is 6.20 Å². The quantitative estimate of drug-likeness (QED) is 0.434. The first kappa shape index (κ1) is 14.1. The minimum Gasteiger partial charge on any atom is -0.479 e. The summed E-state index contributed by atoms with van der Waals surface area (Å²) in [4.78, 5) is 21.8. The number of carboxylic acid groups (broad SMARTS) is 1. The van der Waals surface area contributed by atoms with Crippen LogP contribution in [0, 0.1) is 0 Å². The number of aliphatic hydroxyl groups excluding tert-OH is 1. The molecule has 0 bridgehead atoms. The summed E-state index contributed by atoms with van der Waals surface area (Å²) >= 11 is 0. The van der Waals surface area contributed by atoms with E-state index in [-0.39, 0.29) is 18.7 Å². The zero-order chi connectivity index (χ0) is 13.5. The fraction of sp³-hybridized carbons (Fsp3) is 0.556. The zero-order valence-corrected chi connectivity index (χ0v) is 9.61. The van der Waals surface area contributed by atoms with Gasteiger partial charge in [-0.25, -0.2) is 4.79 Å². The van der Waals surface area contributed by atoms with Gasteiger partial charge in [-0.1, -0.05) is 5.21 Å². The maximum Gasteiger partial charge on any atom is 0.332 e. The minimum atomic E-state index is -1.49. The third kappa shape index (κ3) is 4.11. The molecule has 1 atom stereocenters. The molecule has 0 aliphatic heterocycles. The van der Waals surface area contributed by atoms with Crippen molar-refractivity contribution in [1.82, 2.24) is 20.3 Å². The van der Waals surface area contributed by atoms with E-state index >= 15 is 0 Å². The van der Waals surface area contributed by atoms with Gasteiger partial charge < -0.3 is 21.3 Å². The lowest BCUT2D eigenvalue weighted by molar-refractivity contribution is -0.146. The number of hydrogen-bond donors (Lipinski definition) is 4. The number of nitrogens with two attached hydrogens (primary N) is 1. The summed E-state index contributed by atoms with van der Waals surface area (Å²) in [6, 6.07) is 0. The van der Waals surface area contributed by atoms with E-state index in [0.29, 0.717) is 13.1 Å². The highest BCUT2D eigenvalue weighted by Gasteiger charge is 2.14. The smallest absolute Gasteiger partial charge is 0.332 e. The van der Waals surface area contributed by atoms with Crippen molar-refractivity contribution in [3.63, 3.8) is 0 Å². The van der Waals surface area contributed by atoms with E-state index in [4.69, 9.17) is 15.9 Å². The summed E-state index contributed by atoms with van der Waals surface area (Å²) in [5.74, 6) is -1.80. The van der Waals surface area contributed by atoms with Gasteiger partial charge in [0.2, 0.25) is 0 Å². The third-order valence-electron chi connectivity index (χ3n) is 2.12. The summed E-state index contributed by atoms with van der Waals surface area (Å²) in [6.45, 7) is 0.878. The van der Waals surface area contributed by atoms with E-state index in [1.54, 1.807) is 0 Å². The van der Waals surface area contributed by atoms with Crippen molar-refractivity contribution in [2.75, 3.05) is 13.1 Å². The highest BCUT2D eigenvalue weighted by molar-refractivity contribution is 5.91. The lowest BCUT2D eigenvalue weighted by atomic mass is 10.2. The molecular formula is C9H15N5O4. The van der Waals surface area contributed by atoms with Gasteiger partial charge in [-0.05, 0) is 0 Å². The third-order valence-corrected chi connectivity index (χ3v) is 2.12. The Morgan fingerprint density at radius 3 is 2.89 bits per heavy atom. The van der Waals surface area contributed by atoms with Gasteiger partial charge in [0.1, 0.15) is 0 Å². The number of rotatable bonds is 7. The number of aromatic nitrogens is 3. The molecule has 1 rings (SSSR count). The van der Waals surface area contributed by atoms with Crippen LogP contribution in [0.4, 0.5) is 0 Å². The van der Waals surface area contributed by atoms with E-state index in [1.165, 1.54) is 10.9 Å². The summed E-state index contributed by atoms with van der Waals surface area (Å²) in [5, 5.41) is 27.2. The predicted molar refractivity (Wildman–Crippen MR) is 59.7 cm³/mol. The summed E-state index contributed by atoms with van der Waals surface area (Å²) in [7, 11) is 0. The van der Waals surface area contributed by atoms with Crippen molar-refractivity contribution in [1.29, 1.82) is 0 Å². The number of hydrogen-bond acceptors (Lipinski definition) is 6. The zero-order valence-electron chi connectivity index (χ0n) is 9.61. The highest BCUT2D eigenvalue weighted by atomic mass is 16.4. The summed E-state index contributed by atoms with van der Waals surface area (Å²) in [5.41, 5.74) is 5.43. The first-order valence-electron chi connectivity index (χ1n) is 5.34. The van der Waals surface area contributed by atoms with Crippen molar-refractivity contribution in [3.05, 3.63) is 11.9 Å². The van der Waals surface area contributed by atoms with E-state index in [1.807, 2.05) is 0 Å². The maximum absolute atomic E-state index is 11.5. The Morgan fingerprint density at radius 2 is 2.28 bits per heavy atom. The molecular weight excluding hydrogens is 242 g/mol. The molecule has 9 nitrogen and oxygen atoms in total. The monoisotopic (exact) mass is 257 g/mol. The van der Waals surface area contributed by atoms with E-state index < -0.39 is 18.0 Å². The van der Waals surface area contributed by atoms with Gasteiger partial charge in [-0.3, -0.25) is 9.48 Å². The number of carbonyl (C=O) groups excluding carboxylic acids is 1. The lowest BCUT2D eigenvalue weighted by Gasteiger charge is -2.05. The van der Waals surface area contributed by atoms with Crippen molar-refractivity contribution in [2.24, 2.45) is 5.73 Å². The Labute approximate surface area is 103 Å². The average Bonchev–Trinajstić information content (AvgIpc) is 2.77. The predicted octanol–water partition coefficient (Wildman–Crippen LogP) is -2.20. The Morgan fingerprint density at radius 1 is 1.56 bits per heavy atom. The molecule has 0 saturated heterocycles. The van der Waals surface area contributed by atoms with Gasteiger partial charge in [0, 0.05) is 19.5 Å². The molecule has 0 fully saturated rings. The number of carbonyl (C=O) groups is 2. The molecule has 1 unspecified atom stereocenters. The molecule has 0 saturated carbocycles. The Hall–Kier alpha value is -2.00. The molecule has 1 heterocycles. The van der Waals surface area contributed by atoms with Crippen LogP contribution in [0.2, 0.25) is 0 Å². The van der Waals surface area contributed by atoms with Gasteiger partial charge in [-0.2, -0.15) is 0 Å². The lowest BCUT2D eigenvalue weighted by Crippen LogP contribution is -2.30. The Balaban J connectivity index is 2.38. The van der Waals surface area contributed by atoms with Crippen molar-refractivity contribution in [3.8, 4) is 0 Å². The van der Waals surface area contributed by atoms with Crippen LogP contribution in [0.3, 0.4) is 0 Å². The standard InChI is InChI=1S/C9H15N5O4/c10-2-4-14-5-6(12-13-14)8(16)11-3-1-7(15)9(17)18/h5,7,15H,1-4,10H2,(H,11,16)(H,17,18). The number of amides is 1. The highest BCUT2D eigenvalue weighted by Crippen LogP contribution is 1.94. The molecule has 9 heteroatoms. The Kier molecular flexibility index (Phi) is 5.21. The van der Waals surface area contributed by atoms with Crippen LogP contribution in [0.25, 0.3) is 0 Å². The fourth-order valence-electron chi connectivity index (χ4n) is 1.18. The number of aliphatic carboxylic acids is 1. The van der Waals surface area contributed by atoms with Crippen LogP contribution in [-0.4, -0.2) is 56.3 Å². The van der Waals surface area contributed by atoms with Gasteiger partial charge >= 0.3 is 5.97 Å². The number of nitrogens with zero attached hydrogens (tertiary/aromatic N) is 3. The second-order valence-electron chi connectivity index (χ2n) is 3.55. The van der Waals surface area contributed by atoms with Gasteiger partial charge in [0.25, 0.3) is 5.91 Å². The normalized spacial score (nSPS) is 12.1. The average molecular weight is 257 g/mol. The van der Waals surface area contributed by atoms with Crippen LogP contribution in [0.5, 0.6) is 0 Å². The van der Waals surface area contributed by atoms with Crippen LogP contribution in [0.1, 0.15) is 16.9 Å². The topological polar surface area (TPSA) is 143 Å². The molecule has 0 radical (unpaired) electrons. The molecule has 18 heavy (non-hydrogen) atoms. The van der Waals surface area contributed by atoms with Gasteiger partial charge in [-0.15, -0.1) is 5.10 Å². The van der Waals surface area contributed by atoms with E-state index in [0.717, 1.165) is 0 Å². The van der Waals surface area contributed by atoms with Crippen LogP contribution < -0.4 is 11.1 Å². The van der Waals surface area contributed by atoms with E-state index in [9.17, 15) is 9.59 Å². The second kappa shape index (κ2) is 6.67. The molecule has 1 amide bonds. The van der Waals surface area contributed by atoms with Crippen molar-refractivity contribution < 1.29 is 19.8 Å². The molecule has 0 spiro atoms. The van der Waals surface area contributed by atoms with Crippen molar-refractivity contribution in [2.45, 2.75) is 19.1 Å². The van der Waals surface area contributed by atoms with Crippen LogP contribution in [-0.2, 0) is 11.3 Å². The van der Waals surface area contributed by atoms with E-state index in [2.05, 4.69) is 15.6 Å². The minimum absolute atomic E-state index is 0.0377. The maximum atomic E-state index is 11.5. The van der Waals surface area contributed by atoms with Crippen LogP contribution >= 0.6 is 0 Å². The summed E-state index contributed by atoms with van der Waals surface area (Å²) in [6.07, 6.45) is -0.119. The molecule has 0 aliphatic carbocycles. The molecule has 0 aromatic carbocycles. The molecule has 100 valence electrons. The van der Waals surface area contributed by atoms with Crippen molar-refractivity contribution >= 4 is 11.9 Å². The second-order valence-corrected chi connectivity index (χ2v) is 3.55.